The van der Waals surface area contributed by atoms with E-state index in [2.05, 4.69) is 344 Å². The van der Waals surface area contributed by atoms with Gasteiger partial charge in [-0.3, -0.25) is 0 Å². The molecule has 0 aliphatic heterocycles. The quantitative estimate of drug-likeness (QED) is 0.108. The molecule has 13 rings (SSSR count). The fourth-order valence-electron chi connectivity index (χ4n) is 12.9. The number of furan rings is 1. The molecule has 0 atom stereocenters. The van der Waals surface area contributed by atoms with Crippen molar-refractivity contribution >= 4 is 90.2 Å². The Kier molecular flexibility index (Phi) is 15.1. The second kappa shape index (κ2) is 23.5. The number of rotatable bonds is 14. The summed E-state index contributed by atoms with van der Waals surface area (Å²) in [7, 11) is 0. The maximum absolute atomic E-state index is 6.61. The van der Waals surface area contributed by atoms with Gasteiger partial charge in [-0.1, -0.05) is 155 Å². The highest BCUT2D eigenvalue weighted by atomic mass is 16.3. The maximum atomic E-state index is 6.61. The predicted molar refractivity (Wildman–Crippen MR) is 375 cm³/mol. The average Bonchev–Trinajstić information content (AvgIpc) is 1.78. The zero-order chi connectivity index (χ0) is 60.9. The molecule has 88 heavy (non-hydrogen) atoms. The van der Waals surface area contributed by atoms with E-state index >= 15 is 0 Å². The van der Waals surface area contributed by atoms with Crippen molar-refractivity contribution in [2.24, 2.45) is 0 Å². The lowest BCUT2D eigenvalue weighted by Gasteiger charge is -2.29. The van der Waals surface area contributed by atoms with Crippen LogP contribution in [0.5, 0.6) is 0 Å². The zero-order valence-electron chi connectivity index (χ0n) is 52.4. The van der Waals surface area contributed by atoms with Gasteiger partial charge in [-0.15, -0.1) is 0 Å². The van der Waals surface area contributed by atoms with Crippen LogP contribution in [0, 0.1) is 76.2 Å². The van der Waals surface area contributed by atoms with Crippen molar-refractivity contribution in [3.05, 3.63) is 310 Å². The summed E-state index contributed by atoms with van der Waals surface area (Å²) in [5.74, 6) is 0. The van der Waals surface area contributed by atoms with Crippen molar-refractivity contribution in [3.8, 4) is 22.3 Å². The lowest BCUT2D eigenvalue weighted by atomic mass is 10.0. The monoisotopic (exact) mass is 1140 g/mol. The van der Waals surface area contributed by atoms with Crippen LogP contribution in [0.15, 0.2) is 253 Å². The lowest BCUT2D eigenvalue weighted by molar-refractivity contribution is 0.669. The Labute approximate surface area is 519 Å². The molecule has 0 aliphatic rings. The molecule has 0 bridgehead atoms. The number of benzene rings is 12. The smallest absolute Gasteiger partial charge is 0.135 e. The van der Waals surface area contributed by atoms with Gasteiger partial charge in [0.05, 0.1) is 0 Å². The first kappa shape index (κ1) is 56.8. The summed E-state index contributed by atoms with van der Waals surface area (Å²) < 4.78 is 6.61. The predicted octanol–water partition coefficient (Wildman–Crippen LogP) is 24.2. The van der Waals surface area contributed by atoms with E-state index in [-0.39, 0.29) is 0 Å². The minimum Gasteiger partial charge on any atom is -0.456 e. The van der Waals surface area contributed by atoms with E-state index < -0.39 is 0 Å². The van der Waals surface area contributed by atoms with Gasteiger partial charge in [-0.25, -0.2) is 0 Å². The van der Waals surface area contributed by atoms with Gasteiger partial charge in [0.25, 0.3) is 0 Å². The summed E-state index contributed by atoms with van der Waals surface area (Å²) >= 11 is 0. The second-order valence-corrected chi connectivity index (χ2v) is 24.3. The van der Waals surface area contributed by atoms with Crippen LogP contribution in [0.4, 0.5) is 68.2 Å². The van der Waals surface area contributed by atoms with Crippen LogP contribution in [0.3, 0.4) is 0 Å². The van der Waals surface area contributed by atoms with Crippen molar-refractivity contribution in [2.75, 3.05) is 19.6 Å². The molecule has 0 spiro atoms. The van der Waals surface area contributed by atoms with E-state index in [1.54, 1.807) is 0 Å². The van der Waals surface area contributed by atoms with E-state index in [9.17, 15) is 0 Å². The Morgan fingerprint density at radius 1 is 0.193 bits per heavy atom. The molecule has 5 nitrogen and oxygen atoms in total. The first-order valence-corrected chi connectivity index (χ1v) is 30.6. The molecule has 432 valence electrons. The summed E-state index contributed by atoms with van der Waals surface area (Å²) in [6, 6.07) is 91.7. The van der Waals surface area contributed by atoms with Gasteiger partial charge in [0.2, 0.25) is 0 Å². The molecule has 0 N–H and O–H groups in total. The van der Waals surface area contributed by atoms with Gasteiger partial charge in [0.15, 0.2) is 0 Å². The summed E-state index contributed by atoms with van der Waals surface area (Å²) in [5.41, 5.74) is 33.3. The number of fused-ring (bicyclic) bond motifs is 3. The van der Waals surface area contributed by atoms with Gasteiger partial charge in [0, 0.05) is 79.0 Å². The number of anilines is 12. The summed E-state index contributed by atoms with van der Waals surface area (Å²) in [4.78, 5) is 9.53. The minimum absolute atomic E-state index is 0.851. The fraction of sp³-hybridized carbons (Fsp3) is 0.133. The summed E-state index contributed by atoms with van der Waals surface area (Å²) in [6.07, 6.45) is 0. The van der Waals surface area contributed by atoms with Gasteiger partial charge >= 0.3 is 0 Å². The third-order valence-corrected chi connectivity index (χ3v) is 17.4. The first-order chi connectivity index (χ1) is 42.6. The highest BCUT2D eigenvalue weighted by Gasteiger charge is 2.23. The highest BCUT2D eigenvalue weighted by Crippen LogP contribution is 2.46. The van der Waals surface area contributed by atoms with Crippen molar-refractivity contribution < 1.29 is 4.42 Å². The molecule has 13 aromatic rings. The second-order valence-electron chi connectivity index (χ2n) is 24.3. The van der Waals surface area contributed by atoms with Gasteiger partial charge in [0.1, 0.15) is 11.2 Å². The Morgan fingerprint density at radius 2 is 0.409 bits per heavy atom. The third-order valence-electron chi connectivity index (χ3n) is 17.4. The molecule has 0 saturated carbocycles. The number of nitrogens with zero attached hydrogens (tertiary/aromatic N) is 4. The molecule has 0 aliphatic carbocycles. The summed E-state index contributed by atoms with van der Waals surface area (Å²) in [5, 5.41) is 2.13. The molecule has 12 aromatic carbocycles. The number of hydrogen-bond acceptors (Lipinski definition) is 5. The Bertz CT molecular complexity index is 4680. The van der Waals surface area contributed by atoms with E-state index in [1.807, 2.05) is 0 Å². The Morgan fingerprint density at radius 3 is 0.682 bits per heavy atom. The van der Waals surface area contributed by atoms with E-state index in [0.29, 0.717) is 0 Å². The molecule has 0 unspecified atom stereocenters. The van der Waals surface area contributed by atoms with Crippen molar-refractivity contribution in [1.29, 1.82) is 0 Å². The normalized spacial score (nSPS) is 11.4. The molecule has 0 fully saturated rings. The molecule has 0 saturated heterocycles. The topological polar surface area (TPSA) is 26.1 Å². The Hall–Kier alpha value is -10.4. The van der Waals surface area contributed by atoms with Crippen LogP contribution < -0.4 is 19.6 Å². The molecule has 5 heteroatoms. The molecule has 0 radical (unpaired) electrons. The van der Waals surface area contributed by atoms with Crippen LogP contribution in [-0.4, -0.2) is 0 Å². The summed E-state index contributed by atoms with van der Waals surface area (Å²) in [6.45, 7) is 24.0. The molecular formula is C83H74N4O. The Balaban J connectivity index is 0.809. The van der Waals surface area contributed by atoms with Gasteiger partial charge in [-0.2, -0.15) is 0 Å². The van der Waals surface area contributed by atoms with Crippen LogP contribution in [-0.2, 0) is 0 Å². The largest absolute Gasteiger partial charge is 0.456 e. The van der Waals surface area contributed by atoms with Crippen LogP contribution in [0.25, 0.3) is 44.2 Å². The van der Waals surface area contributed by atoms with Crippen molar-refractivity contribution in [2.45, 2.75) is 76.2 Å². The molecule has 1 aromatic heterocycles. The third kappa shape index (κ3) is 11.1. The average molecular weight is 1140 g/mol. The lowest BCUT2D eigenvalue weighted by Crippen LogP contribution is -2.13. The van der Waals surface area contributed by atoms with Crippen molar-refractivity contribution in [1.82, 2.24) is 0 Å². The standard InChI is InChI=1S/C83H74N4O/c1-53-12-27-68(28-13-53)85(78-40-15-55(3)47-60(78)8)73-37-44-82-75(51-73)76-52-74(38-45-83(76)88-82)86(79-41-16-56(4)48-61(79)9)71-33-23-66(24-34-71)64-19-29-69(30-20-64)84(77-39-14-54(2)46-59(77)7)70-31-21-65(22-32-70)67-25-35-72(36-26-67)87(80-42-17-57(5)49-62(80)10)81-43-18-58(6)50-63(81)11/h12-52H,1-11H3. The number of hydrogen-bond donors (Lipinski definition) is 0. The minimum atomic E-state index is 0.851. The van der Waals surface area contributed by atoms with Gasteiger partial charge < -0.3 is 24.0 Å². The highest BCUT2D eigenvalue weighted by molar-refractivity contribution is 6.08. The fourth-order valence-corrected chi connectivity index (χ4v) is 12.9. The van der Waals surface area contributed by atoms with Crippen molar-refractivity contribution in [3.63, 3.8) is 0 Å². The SMILES string of the molecule is Cc1ccc(N(c2ccc3oc4ccc(N(c5ccc(-c6ccc(N(c7ccc(-c8ccc(N(c9ccc(C)cc9C)c9ccc(C)cc9C)cc8)cc7)c7ccc(C)cc7C)cc6)cc5)c5ccc(C)cc5C)cc4c3c2)c2ccc(C)cc2C)cc1. The van der Waals surface area contributed by atoms with E-state index in [1.165, 1.54) is 78.1 Å². The van der Waals surface area contributed by atoms with Crippen LogP contribution in [0.1, 0.15) is 61.2 Å². The van der Waals surface area contributed by atoms with Crippen LogP contribution in [0.2, 0.25) is 0 Å². The van der Waals surface area contributed by atoms with Gasteiger partial charge in [-0.05, 0) is 254 Å². The molecular weight excluding hydrogens is 1070 g/mol. The molecule has 0 amide bonds. The first-order valence-electron chi connectivity index (χ1n) is 30.6. The molecule has 1 heterocycles. The zero-order valence-corrected chi connectivity index (χ0v) is 52.4. The van der Waals surface area contributed by atoms with Crippen LogP contribution >= 0.6 is 0 Å². The van der Waals surface area contributed by atoms with E-state index in [4.69, 9.17) is 4.42 Å². The number of aryl methyl sites for hydroxylation is 11. The van der Waals surface area contributed by atoms with E-state index in [0.717, 1.165) is 95.5 Å². The maximum Gasteiger partial charge on any atom is 0.135 e.